The zero-order valence-electron chi connectivity index (χ0n) is 14.9. The fourth-order valence-corrected chi connectivity index (χ4v) is 2.49. The lowest BCUT2D eigenvalue weighted by Crippen LogP contribution is -2.10. The van der Waals surface area contributed by atoms with Crippen LogP contribution in [0, 0.1) is 5.92 Å². The van der Waals surface area contributed by atoms with Crippen molar-refractivity contribution in [1.82, 2.24) is 19.7 Å². The van der Waals surface area contributed by atoms with Gasteiger partial charge in [0.1, 0.15) is 5.82 Å². The molecule has 0 aliphatic heterocycles. The van der Waals surface area contributed by atoms with Crippen molar-refractivity contribution in [2.24, 2.45) is 13.0 Å². The highest BCUT2D eigenvalue weighted by atomic mass is 35.5. The molecule has 0 bridgehead atoms. The van der Waals surface area contributed by atoms with Crippen LogP contribution in [0.2, 0.25) is 0 Å². The number of hydrogen-bond donors (Lipinski definition) is 2. The topological polar surface area (TPSA) is 67.7 Å². The summed E-state index contributed by atoms with van der Waals surface area (Å²) in [6.07, 6.45) is 2.89. The molecule has 3 rings (SSSR count). The standard InChI is InChI=1S/C18H24N6.ClH/c1-13(2)9-10-19-18-22-16(15-12-21-24(3)17(15)23-18)20-11-14-7-5-4-6-8-14;/h4-8,12-13H,9-11H2,1-3H3,(H2,19,20,22,23);1H. The maximum absolute atomic E-state index is 4.64. The Morgan fingerprint density at radius 1 is 1.08 bits per heavy atom. The van der Waals surface area contributed by atoms with Gasteiger partial charge in [-0.15, -0.1) is 12.4 Å². The fraction of sp³-hybridized carbons (Fsp3) is 0.389. The minimum atomic E-state index is 0. The fourth-order valence-electron chi connectivity index (χ4n) is 2.49. The van der Waals surface area contributed by atoms with Gasteiger partial charge in [0.05, 0.1) is 11.6 Å². The average molecular weight is 361 g/mol. The van der Waals surface area contributed by atoms with Gasteiger partial charge in [-0.1, -0.05) is 44.2 Å². The molecular formula is C18H25ClN6. The van der Waals surface area contributed by atoms with Crippen molar-refractivity contribution in [2.75, 3.05) is 17.2 Å². The molecule has 6 nitrogen and oxygen atoms in total. The molecular weight excluding hydrogens is 336 g/mol. The molecule has 0 saturated carbocycles. The molecule has 2 heterocycles. The van der Waals surface area contributed by atoms with E-state index in [2.05, 4.69) is 51.7 Å². The molecule has 0 spiro atoms. The Bertz CT molecular complexity index is 800. The summed E-state index contributed by atoms with van der Waals surface area (Å²) in [7, 11) is 1.90. The van der Waals surface area contributed by atoms with Crippen LogP contribution in [0.15, 0.2) is 36.5 Å². The largest absolute Gasteiger partial charge is 0.365 e. The van der Waals surface area contributed by atoms with Crippen LogP contribution in [0.4, 0.5) is 11.8 Å². The molecule has 0 atom stereocenters. The lowest BCUT2D eigenvalue weighted by Gasteiger charge is -2.11. The summed E-state index contributed by atoms with van der Waals surface area (Å²) < 4.78 is 1.78. The van der Waals surface area contributed by atoms with E-state index < -0.39 is 0 Å². The first-order valence-corrected chi connectivity index (χ1v) is 8.35. The maximum Gasteiger partial charge on any atom is 0.226 e. The molecule has 0 unspecified atom stereocenters. The summed E-state index contributed by atoms with van der Waals surface area (Å²) in [5.41, 5.74) is 2.04. The molecule has 0 saturated heterocycles. The van der Waals surface area contributed by atoms with Crippen molar-refractivity contribution in [2.45, 2.75) is 26.8 Å². The summed E-state index contributed by atoms with van der Waals surface area (Å²) in [5, 5.41) is 12.0. The van der Waals surface area contributed by atoms with Gasteiger partial charge in [0, 0.05) is 20.1 Å². The third-order valence-corrected chi connectivity index (χ3v) is 3.90. The van der Waals surface area contributed by atoms with Gasteiger partial charge in [0.15, 0.2) is 5.65 Å². The van der Waals surface area contributed by atoms with Crippen molar-refractivity contribution in [1.29, 1.82) is 0 Å². The van der Waals surface area contributed by atoms with E-state index in [1.165, 1.54) is 5.56 Å². The molecule has 0 aliphatic carbocycles. The summed E-state index contributed by atoms with van der Waals surface area (Å²) in [6.45, 7) is 5.99. The molecule has 0 aliphatic rings. The predicted molar refractivity (Wildman–Crippen MR) is 105 cm³/mol. The van der Waals surface area contributed by atoms with Crippen LogP contribution in [0.25, 0.3) is 11.0 Å². The number of nitrogens with zero attached hydrogens (tertiary/aromatic N) is 4. The Kier molecular flexibility index (Phi) is 6.58. The highest BCUT2D eigenvalue weighted by Gasteiger charge is 2.11. The zero-order valence-corrected chi connectivity index (χ0v) is 15.7. The number of fused-ring (bicyclic) bond motifs is 1. The van der Waals surface area contributed by atoms with Gasteiger partial charge in [-0.05, 0) is 17.9 Å². The number of halogens is 1. The number of nitrogens with one attached hydrogen (secondary N) is 2. The van der Waals surface area contributed by atoms with Crippen molar-refractivity contribution in [3.8, 4) is 0 Å². The predicted octanol–water partition coefficient (Wildman–Crippen LogP) is 3.86. The van der Waals surface area contributed by atoms with Gasteiger partial charge < -0.3 is 10.6 Å². The molecule has 2 N–H and O–H groups in total. The Morgan fingerprint density at radius 2 is 1.84 bits per heavy atom. The number of benzene rings is 1. The average Bonchev–Trinajstić information content (AvgIpc) is 2.95. The Hall–Kier alpha value is -2.34. The van der Waals surface area contributed by atoms with Crippen LogP contribution >= 0.6 is 12.4 Å². The van der Waals surface area contributed by atoms with Gasteiger partial charge in [-0.25, -0.2) is 0 Å². The number of aryl methyl sites for hydroxylation is 1. The first kappa shape index (κ1) is 19.0. The first-order valence-electron chi connectivity index (χ1n) is 8.35. The highest BCUT2D eigenvalue weighted by Crippen LogP contribution is 2.22. The van der Waals surface area contributed by atoms with Crippen LogP contribution in [-0.4, -0.2) is 26.3 Å². The van der Waals surface area contributed by atoms with Crippen molar-refractivity contribution in [3.05, 3.63) is 42.1 Å². The van der Waals surface area contributed by atoms with E-state index in [0.29, 0.717) is 18.4 Å². The van der Waals surface area contributed by atoms with E-state index in [1.54, 1.807) is 10.9 Å². The SMILES string of the molecule is CC(C)CCNc1nc(NCc2ccccc2)c2cnn(C)c2n1.Cl. The molecule has 1 aromatic carbocycles. The molecule has 0 fully saturated rings. The zero-order chi connectivity index (χ0) is 16.9. The highest BCUT2D eigenvalue weighted by molar-refractivity contribution is 5.87. The molecule has 0 radical (unpaired) electrons. The number of anilines is 2. The number of rotatable bonds is 7. The van der Waals surface area contributed by atoms with Crippen LogP contribution in [0.5, 0.6) is 0 Å². The lowest BCUT2D eigenvalue weighted by atomic mass is 10.1. The summed E-state index contributed by atoms with van der Waals surface area (Å²) >= 11 is 0. The number of hydrogen-bond acceptors (Lipinski definition) is 5. The quantitative estimate of drug-likeness (QED) is 0.669. The molecule has 3 aromatic rings. The smallest absolute Gasteiger partial charge is 0.226 e. The van der Waals surface area contributed by atoms with Crippen LogP contribution in [0.1, 0.15) is 25.8 Å². The number of aromatic nitrogens is 4. The first-order chi connectivity index (χ1) is 11.6. The molecule has 134 valence electrons. The minimum absolute atomic E-state index is 0. The van der Waals surface area contributed by atoms with Crippen molar-refractivity contribution < 1.29 is 0 Å². The normalized spacial score (nSPS) is 10.7. The monoisotopic (exact) mass is 360 g/mol. The Labute approximate surface area is 154 Å². The van der Waals surface area contributed by atoms with Crippen molar-refractivity contribution >= 4 is 35.2 Å². The second kappa shape index (κ2) is 8.67. The Morgan fingerprint density at radius 3 is 2.56 bits per heavy atom. The molecule has 25 heavy (non-hydrogen) atoms. The summed E-state index contributed by atoms with van der Waals surface area (Å²) in [5.74, 6) is 2.10. The summed E-state index contributed by atoms with van der Waals surface area (Å²) in [6, 6.07) is 10.3. The van der Waals surface area contributed by atoms with Gasteiger partial charge in [0.2, 0.25) is 5.95 Å². The van der Waals surface area contributed by atoms with Gasteiger partial charge in [0.25, 0.3) is 0 Å². The second-order valence-electron chi connectivity index (χ2n) is 6.35. The third kappa shape index (κ3) is 4.82. The Balaban J connectivity index is 0.00000225. The van der Waals surface area contributed by atoms with Gasteiger partial charge in [-0.2, -0.15) is 15.1 Å². The van der Waals surface area contributed by atoms with Gasteiger partial charge in [-0.3, -0.25) is 4.68 Å². The minimum Gasteiger partial charge on any atom is -0.365 e. The van der Waals surface area contributed by atoms with E-state index in [0.717, 1.165) is 29.8 Å². The maximum atomic E-state index is 4.64. The van der Waals surface area contributed by atoms with E-state index in [1.807, 2.05) is 25.2 Å². The second-order valence-corrected chi connectivity index (χ2v) is 6.35. The third-order valence-electron chi connectivity index (χ3n) is 3.90. The van der Waals surface area contributed by atoms with Crippen LogP contribution < -0.4 is 10.6 Å². The molecule has 7 heteroatoms. The van der Waals surface area contributed by atoms with Crippen LogP contribution in [-0.2, 0) is 13.6 Å². The van der Waals surface area contributed by atoms with Crippen molar-refractivity contribution in [3.63, 3.8) is 0 Å². The van der Waals surface area contributed by atoms with E-state index >= 15 is 0 Å². The lowest BCUT2D eigenvalue weighted by molar-refractivity contribution is 0.606. The van der Waals surface area contributed by atoms with E-state index in [4.69, 9.17) is 0 Å². The van der Waals surface area contributed by atoms with E-state index in [-0.39, 0.29) is 12.4 Å². The van der Waals surface area contributed by atoms with Gasteiger partial charge >= 0.3 is 0 Å². The summed E-state index contributed by atoms with van der Waals surface area (Å²) in [4.78, 5) is 9.22. The van der Waals surface area contributed by atoms with Crippen LogP contribution in [0.3, 0.4) is 0 Å². The molecule has 2 aromatic heterocycles. The van der Waals surface area contributed by atoms with E-state index in [9.17, 15) is 0 Å². The molecule has 0 amide bonds.